The first-order valence-corrected chi connectivity index (χ1v) is 17.9. The Hall–Kier alpha value is -4.51. The zero-order valence-electron chi connectivity index (χ0n) is 28.7. The first-order chi connectivity index (χ1) is 23.8. The third-order valence-corrected chi connectivity index (χ3v) is 10.5. The Morgan fingerprint density at radius 3 is 2.31 bits per heavy atom. The Labute approximate surface area is 288 Å². The standard InChI is InChI=1S/C38H49N7O4/c1-3-34(46)41-31(38(49)45-23-21-44(22-24-45)32-18-15-27-9-7-8-12-30(27)32)25-26-13-16-29(17-14-26)40-37(48)35(28-10-5-4-6-11-28)42-36(47)33-19-20-39-43(33)2/h7-9,12-14,16-17,19-20,28,31-32,35H,3-6,10-11,15,18,21-25H2,1-2H3,(H,40,48)(H,41,46)(H,42,47). The van der Waals surface area contributed by atoms with E-state index in [1.165, 1.54) is 15.8 Å². The van der Waals surface area contributed by atoms with E-state index in [4.69, 9.17) is 0 Å². The number of aryl methyl sites for hydroxylation is 2. The molecule has 3 aromatic rings. The SMILES string of the molecule is CCC(=O)NC(Cc1ccc(NC(=O)C(NC(=O)c2ccnn2C)C2CCCCC2)cc1)C(=O)N1CCN(C2CCc3ccccc32)CC1. The van der Waals surface area contributed by atoms with Crippen molar-refractivity contribution in [1.82, 2.24) is 30.2 Å². The highest BCUT2D eigenvalue weighted by molar-refractivity contribution is 6.00. The molecular formula is C38H49N7O4. The maximum Gasteiger partial charge on any atom is 0.270 e. The van der Waals surface area contributed by atoms with Gasteiger partial charge in [0.25, 0.3) is 5.91 Å². The summed E-state index contributed by atoms with van der Waals surface area (Å²) >= 11 is 0. The van der Waals surface area contributed by atoms with Gasteiger partial charge in [0.2, 0.25) is 17.7 Å². The van der Waals surface area contributed by atoms with Crippen LogP contribution < -0.4 is 16.0 Å². The maximum atomic E-state index is 13.8. The molecule has 2 heterocycles. The highest BCUT2D eigenvalue weighted by Gasteiger charge is 2.34. The Morgan fingerprint density at radius 2 is 1.61 bits per heavy atom. The molecule has 49 heavy (non-hydrogen) atoms. The van der Waals surface area contributed by atoms with Crippen molar-refractivity contribution in [1.29, 1.82) is 0 Å². The van der Waals surface area contributed by atoms with Gasteiger partial charge in [0, 0.05) is 64.0 Å². The molecule has 260 valence electrons. The van der Waals surface area contributed by atoms with Gasteiger partial charge in [-0.15, -0.1) is 0 Å². The molecule has 1 saturated carbocycles. The molecule has 2 aromatic carbocycles. The monoisotopic (exact) mass is 667 g/mol. The first-order valence-electron chi connectivity index (χ1n) is 17.9. The van der Waals surface area contributed by atoms with E-state index in [0.717, 1.165) is 63.6 Å². The lowest BCUT2D eigenvalue weighted by Crippen LogP contribution is -2.55. The minimum Gasteiger partial charge on any atom is -0.344 e. The van der Waals surface area contributed by atoms with Crippen molar-refractivity contribution >= 4 is 29.3 Å². The molecule has 2 aliphatic carbocycles. The quantitative estimate of drug-likeness (QED) is 0.284. The fraction of sp³-hybridized carbons (Fsp3) is 0.500. The molecule has 1 aliphatic heterocycles. The van der Waals surface area contributed by atoms with Crippen molar-refractivity contribution in [3.05, 3.63) is 83.2 Å². The molecule has 0 bridgehead atoms. The Kier molecular flexibility index (Phi) is 11.1. The second-order valence-corrected chi connectivity index (χ2v) is 13.7. The van der Waals surface area contributed by atoms with Crippen molar-refractivity contribution < 1.29 is 19.2 Å². The van der Waals surface area contributed by atoms with Crippen LogP contribution in [0.3, 0.4) is 0 Å². The van der Waals surface area contributed by atoms with Crippen LogP contribution in [0.4, 0.5) is 5.69 Å². The van der Waals surface area contributed by atoms with Crippen molar-refractivity contribution in [2.45, 2.75) is 82.8 Å². The molecule has 1 saturated heterocycles. The molecule has 11 nitrogen and oxygen atoms in total. The number of fused-ring (bicyclic) bond motifs is 1. The van der Waals surface area contributed by atoms with E-state index in [1.807, 2.05) is 29.2 Å². The smallest absolute Gasteiger partial charge is 0.270 e. The third kappa shape index (κ3) is 8.21. The van der Waals surface area contributed by atoms with Crippen molar-refractivity contribution in [2.24, 2.45) is 13.0 Å². The number of rotatable bonds is 11. The van der Waals surface area contributed by atoms with Gasteiger partial charge in [0.05, 0.1) is 0 Å². The summed E-state index contributed by atoms with van der Waals surface area (Å²) in [5.74, 6) is -0.750. The molecule has 2 fully saturated rings. The van der Waals surface area contributed by atoms with E-state index in [-0.39, 0.29) is 29.5 Å². The Balaban J connectivity index is 1.08. The van der Waals surface area contributed by atoms with Crippen LogP contribution >= 0.6 is 0 Å². The van der Waals surface area contributed by atoms with Gasteiger partial charge in [-0.3, -0.25) is 28.8 Å². The topological polar surface area (TPSA) is 129 Å². The predicted octanol–water partition coefficient (Wildman–Crippen LogP) is 4.01. The van der Waals surface area contributed by atoms with E-state index >= 15 is 0 Å². The number of benzene rings is 2. The number of aromatic nitrogens is 2. The fourth-order valence-electron chi connectivity index (χ4n) is 7.74. The minimum atomic E-state index is -0.676. The largest absolute Gasteiger partial charge is 0.344 e. The van der Waals surface area contributed by atoms with Gasteiger partial charge in [-0.1, -0.05) is 62.6 Å². The summed E-state index contributed by atoms with van der Waals surface area (Å²) < 4.78 is 1.50. The van der Waals surface area contributed by atoms with Crippen LogP contribution in [0.1, 0.15) is 85.1 Å². The molecule has 0 radical (unpaired) electrons. The van der Waals surface area contributed by atoms with Crippen molar-refractivity contribution in [3.8, 4) is 0 Å². The van der Waals surface area contributed by atoms with Crippen LogP contribution in [0, 0.1) is 5.92 Å². The molecule has 3 unspecified atom stereocenters. The van der Waals surface area contributed by atoms with Crippen LogP contribution in [0.2, 0.25) is 0 Å². The van der Waals surface area contributed by atoms with E-state index in [2.05, 4.69) is 50.2 Å². The number of carbonyl (C=O) groups excluding carboxylic acids is 4. The lowest BCUT2D eigenvalue weighted by atomic mass is 9.83. The predicted molar refractivity (Wildman–Crippen MR) is 188 cm³/mol. The number of nitrogens with one attached hydrogen (secondary N) is 3. The number of hydrogen-bond acceptors (Lipinski definition) is 6. The number of anilines is 1. The van der Waals surface area contributed by atoms with Crippen LogP contribution in [-0.2, 0) is 34.3 Å². The summed E-state index contributed by atoms with van der Waals surface area (Å²) in [6, 6.07) is 16.8. The molecular weight excluding hydrogens is 618 g/mol. The Bertz CT molecular complexity index is 1620. The lowest BCUT2D eigenvalue weighted by Gasteiger charge is -2.39. The number of carbonyl (C=O) groups is 4. The van der Waals surface area contributed by atoms with Gasteiger partial charge < -0.3 is 20.9 Å². The highest BCUT2D eigenvalue weighted by atomic mass is 16.2. The average Bonchev–Trinajstić information content (AvgIpc) is 3.77. The minimum absolute atomic E-state index is 0.0509. The van der Waals surface area contributed by atoms with Crippen molar-refractivity contribution in [2.75, 3.05) is 31.5 Å². The molecule has 11 heteroatoms. The van der Waals surface area contributed by atoms with Gasteiger partial charge in [-0.2, -0.15) is 5.10 Å². The maximum absolute atomic E-state index is 13.8. The lowest BCUT2D eigenvalue weighted by molar-refractivity contribution is -0.138. The zero-order valence-corrected chi connectivity index (χ0v) is 28.7. The molecule has 6 rings (SSSR count). The molecule has 3 N–H and O–H groups in total. The summed E-state index contributed by atoms with van der Waals surface area (Å²) in [6.45, 7) is 4.64. The van der Waals surface area contributed by atoms with Gasteiger partial charge in [-0.25, -0.2) is 0 Å². The van der Waals surface area contributed by atoms with Gasteiger partial charge in [0.15, 0.2) is 0 Å². The van der Waals surface area contributed by atoms with Gasteiger partial charge >= 0.3 is 0 Å². The van der Waals surface area contributed by atoms with E-state index in [1.54, 1.807) is 26.2 Å². The second-order valence-electron chi connectivity index (χ2n) is 13.7. The van der Waals surface area contributed by atoms with E-state index in [9.17, 15) is 19.2 Å². The number of amides is 4. The molecule has 3 atom stereocenters. The van der Waals surface area contributed by atoms with Crippen LogP contribution in [0.5, 0.6) is 0 Å². The first kappa shape index (κ1) is 34.4. The second kappa shape index (κ2) is 15.8. The number of hydrogen-bond donors (Lipinski definition) is 3. The fourth-order valence-corrected chi connectivity index (χ4v) is 7.74. The van der Waals surface area contributed by atoms with Crippen LogP contribution in [0.25, 0.3) is 0 Å². The zero-order chi connectivity index (χ0) is 34.3. The highest BCUT2D eigenvalue weighted by Crippen LogP contribution is 2.36. The van der Waals surface area contributed by atoms with Crippen LogP contribution in [-0.4, -0.2) is 81.5 Å². The van der Waals surface area contributed by atoms with Gasteiger partial charge in [0.1, 0.15) is 17.8 Å². The van der Waals surface area contributed by atoms with Crippen LogP contribution in [0.15, 0.2) is 60.8 Å². The normalized spacial score (nSPS) is 19.5. The van der Waals surface area contributed by atoms with E-state index in [0.29, 0.717) is 43.4 Å². The van der Waals surface area contributed by atoms with Crippen molar-refractivity contribution in [3.63, 3.8) is 0 Å². The number of piperazine rings is 1. The van der Waals surface area contributed by atoms with Gasteiger partial charge in [-0.05, 0) is 66.5 Å². The molecule has 1 aromatic heterocycles. The molecule has 4 amide bonds. The summed E-state index contributed by atoms with van der Waals surface area (Å²) in [5, 5.41) is 13.0. The van der Waals surface area contributed by atoms with E-state index < -0.39 is 12.1 Å². The molecule has 3 aliphatic rings. The summed E-state index contributed by atoms with van der Waals surface area (Å²) in [7, 11) is 1.70. The summed E-state index contributed by atoms with van der Waals surface area (Å²) in [4.78, 5) is 57.4. The summed E-state index contributed by atoms with van der Waals surface area (Å²) in [6.07, 6.45) is 9.37. The average molecular weight is 668 g/mol. The third-order valence-electron chi connectivity index (χ3n) is 10.5. The molecule has 0 spiro atoms. The Morgan fingerprint density at radius 1 is 0.878 bits per heavy atom. The number of nitrogens with zero attached hydrogens (tertiary/aromatic N) is 4. The summed E-state index contributed by atoms with van der Waals surface area (Å²) in [5.41, 5.74) is 4.72.